The minimum absolute atomic E-state index is 0.00642. The van der Waals surface area contributed by atoms with Gasteiger partial charge in [0.15, 0.2) is 0 Å². The van der Waals surface area contributed by atoms with Gasteiger partial charge < -0.3 is 5.32 Å². The summed E-state index contributed by atoms with van der Waals surface area (Å²) in [5, 5.41) is 19.7. The molecule has 0 radical (unpaired) electrons. The third-order valence-corrected chi connectivity index (χ3v) is 2.69. The number of aromatic nitrogens is 4. The van der Waals surface area contributed by atoms with Crippen molar-refractivity contribution in [2.75, 3.05) is 0 Å². The number of pyridine rings is 1. The Labute approximate surface area is 117 Å². The Hall–Kier alpha value is -2.55. The summed E-state index contributed by atoms with van der Waals surface area (Å²) in [4.78, 5) is 29.7. The van der Waals surface area contributed by atoms with Crippen LogP contribution < -0.4 is 5.32 Å². The van der Waals surface area contributed by atoms with Crippen LogP contribution in [0.15, 0.2) is 18.6 Å². The highest BCUT2D eigenvalue weighted by molar-refractivity contribution is 6.29. The summed E-state index contributed by atoms with van der Waals surface area (Å²) in [6.07, 6.45) is 2.24. The van der Waals surface area contributed by atoms with Gasteiger partial charge in [-0.15, -0.1) is 0 Å². The summed E-state index contributed by atoms with van der Waals surface area (Å²) in [7, 11) is 0. The van der Waals surface area contributed by atoms with Gasteiger partial charge in [-0.3, -0.25) is 20.0 Å². The normalized spacial score (nSPS) is 11.9. The van der Waals surface area contributed by atoms with E-state index in [1.54, 1.807) is 6.92 Å². The van der Waals surface area contributed by atoms with Gasteiger partial charge >= 0.3 is 0 Å². The smallest absolute Gasteiger partial charge is 0.300 e. The molecule has 0 aliphatic carbocycles. The van der Waals surface area contributed by atoms with Crippen molar-refractivity contribution in [2.45, 2.75) is 13.0 Å². The maximum absolute atomic E-state index is 12.1. The molecule has 0 fully saturated rings. The van der Waals surface area contributed by atoms with Crippen molar-refractivity contribution in [1.82, 2.24) is 25.5 Å². The van der Waals surface area contributed by atoms with Crippen molar-refractivity contribution >= 4 is 23.2 Å². The number of amides is 1. The van der Waals surface area contributed by atoms with E-state index in [2.05, 4.69) is 25.5 Å². The molecule has 104 valence electrons. The molecule has 0 saturated heterocycles. The van der Waals surface area contributed by atoms with Crippen LogP contribution in [0.25, 0.3) is 0 Å². The van der Waals surface area contributed by atoms with E-state index in [9.17, 15) is 14.9 Å². The molecule has 2 N–H and O–H groups in total. The number of hydrogen-bond donors (Lipinski definition) is 2. The molecule has 9 nitrogen and oxygen atoms in total. The van der Waals surface area contributed by atoms with Crippen LogP contribution in [0.2, 0.25) is 5.15 Å². The number of H-pyrrole nitrogens is 1. The number of carbonyl (C=O) groups excluding carboxylic acids is 1. The fourth-order valence-corrected chi connectivity index (χ4v) is 1.67. The molecule has 2 rings (SSSR count). The van der Waals surface area contributed by atoms with Crippen LogP contribution in [0.1, 0.15) is 29.1 Å². The number of halogens is 1. The van der Waals surface area contributed by atoms with Crippen molar-refractivity contribution in [3.63, 3.8) is 0 Å². The van der Waals surface area contributed by atoms with E-state index in [-0.39, 0.29) is 10.7 Å². The summed E-state index contributed by atoms with van der Waals surface area (Å²) in [5.74, 6) is -0.217. The standard InChI is InChI=1S/C10H9ClN6O3/c1-5(9-13-4-14-16-9)15-10(18)6-2-8(11)12-3-7(6)17(19)20/h2-5H,1H3,(H,15,18)(H,13,14,16). The van der Waals surface area contributed by atoms with Gasteiger partial charge in [0.2, 0.25) is 0 Å². The first kappa shape index (κ1) is 13.9. The van der Waals surface area contributed by atoms with Crippen LogP contribution in [-0.2, 0) is 0 Å². The minimum Gasteiger partial charge on any atom is -0.342 e. The first-order chi connectivity index (χ1) is 9.49. The van der Waals surface area contributed by atoms with Crippen LogP contribution in [0.5, 0.6) is 0 Å². The molecule has 0 aliphatic heterocycles. The average Bonchev–Trinajstić information content (AvgIpc) is 2.92. The van der Waals surface area contributed by atoms with Gasteiger partial charge in [-0.05, 0) is 13.0 Å². The van der Waals surface area contributed by atoms with E-state index in [0.717, 1.165) is 12.3 Å². The number of nitrogens with one attached hydrogen (secondary N) is 2. The van der Waals surface area contributed by atoms with Gasteiger partial charge in [-0.2, -0.15) is 5.10 Å². The van der Waals surface area contributed by atoms with Crippen LogP contribution in [0.3, 0.4) is 0 Å². The van der Waals surface area contributed by atoms with E-state index in [1.165, 1.54) is 6.33 Å². The number of carbonyl (C=O) groups is 1. The topological polar surface area (TPSA) is 127 Å². The van der Waals surface area contributed by atoms with Crippen molar-refractivity contribution < 1.29 is 9.72 Å². The Morgan fingerprint density at radius 1 is 1.55 bits per heavy atom. The van der Waals surface area contributed by atoms with Gasteiger partial charge in [0.05, 0.1) is 11.0 Å². The Bertz CT molecular complexity index is 644. The van der Waals surface area contributed by atoms with Crippen molar-refractivity contribution in [1.29, 1.82) is 0 Å². The second-order valence-electron chi connectivity index (χ2n) is 3.85. The Kier molecular flexibility index (Phi) is 3.89. The highest BCUT2D eigenvalue weighted by Crippen LogP contribution is 2.21. The van der Waals surface area contributed by atoms with Gasteiger partial charge in [0.25, 0.3) is 11.6 Å². The quantitative estimate of drug-likeness (QED) is 0.496. The van der Waals surface area contributed by atoms with E-state index in [0.29, 0.717) is 5.82 Å². The van der Waals surface area contributed by atoms with E-state index >= 15 is 0 Å². The molecule has 20 heavy (non-hydrogen) atoms. The molecular formula is C10H9ClN6O3. The molecule has 1 atom stereocenters. The average molecular weight is 297 g/mol. The Balaban J connectivity index is 2.25. The van der Waals surface area contributed by atoms with Crippen molar-refractivity contribution in [3.8, 4) is 0 Å². The fraction of sp³-hybridized carbons (Fsp3) is 0.200. The summed E-state index contributed by atoms with van der Waals surface area (Å²) < 4.78 is 0. The molecule has 1 amide bonds. The lowest BCUT2D eigenvalue weighted by atomic mass is 10.2. The fourth-order valence-electron chi connectivity index (χ4n) is 1.52. The molecule has 2 heterocycles. The molecule has 0 saturated carbocycles. The second-order valence-corrected chi connectivity index (χ2v) is 4.23. The van der Waals surface area contributed by atoms with Gasteiger partial charge in [0.1, 0.15) is 29.1 Å². The van der Waals surface area contributed by atoms with Gasteiger partial charge in [0, 0.05) is 0 Å². The lowest BCUT2D eigenvalue weighted by Gasteiger charge is -2.11. The zero-order valence-electron chi connectivity index (χ0n) is 10.2. The van der Waals surface area contributed by atoms with Gasteiger partial charge in [-0.1, -0.05) is 11.6 Å². The Morgan fingerprint density at radius 2 is 2.30 bits per heavy atom. The predicted octanol–water partition coefficient (Wildman–Crippen LogP) is 1.25. The Morgan fingerprint density at radius 3 is 2.90 bits per heavy atom. The number of nitro groups is 1. The SMILES string of the molecule is CC(NC(=O)c1cc(Cl)ncc1[N+](=O)[O-])c1ncn[nH]1. The molecule has 0 aromatic carbocycles. The summed E-state index contributed by atoms with van der Waals surface area (Å²) >= 11 is 5.66. The number of aromatic amines is 1. The molecule has 2 aromatic heterocycles. The monoisotopic (exact) mass is 296 g/mol. The molecule has 0 aliphatic rings. The first-order valence-corrected chi connectivity index (χ1v) is 5.83. The number of hydrogen-bond acceptors (Lipinski definition) is 6. The van der Waals surface area contributed by atoms with Crippen molar-refractivity contribution in [2.24, 2.45) is 0 Å². The predicted molar refractivity (Wildman–Crippen MR) is 68.2 cm³/mol. The second kappa shape index (κ2) is 5.61. The van der Waals surface area contributed by atoms with Crippen LogP contribution >= 0.6 is 11.6 Å². The largest absolute Gasteiger partial charge is 0.342 e. The first-order valence-electron chi connectivity index (χ1n) is 5.45. The lowest BCUT2D eigenvalue weighted by molar-refractivity contribution is -0.385. The van der Waals surface area contributed by atoms with E-state index in [4.69, 9.17) is 11.6 Å². The number of nitrogens with zero attached hydrogens (tertiary/aromatic N) is 4. The highest BCUT2D eigenvalue weighted by atomic mass is 35.5. The maximum Gasteiger partial charge on any atom is 0.300 e. The molecule has 2 aromatic rings. The van der Waals surface area contributed by atoms with E-state index < -0.39 is 22.6 Å². The van der Waals surface area contributed by atoms with E-state index in [1.807, 2.05) is 0 Å². The zero-order chi connectivity index (χ0) is 14.7. The van der Waals surface area contributed by atoms with Crippen LogP contribution in [0.4, 0.5) is 5.69 Å². The molecule has 1 unspecified atom stereocenters. The van der Waals surface area contributed by atoms with Gasteiger partial charge in [-0.25, -0.2) is 9.97 Å². The summed E-state index contributed by atoms with van der Waals surface area (Å²) in [6.45, 7) is 1.66. The lowest BCUT2D eigenvalue weighted by Crippen LogP contribution is -2.28. The number of rotatable bonds is 4. The molecular weight excluding hydrogens is 288 g/mol. The minimum atomic E-state index is -0.697. The van der Waals surface area contributed by atoms with Crippen molar-refractivity contribution in [3.05, 3.63) is 45.2 Å². The van der Waals surface area contributed by atoms with Crippen LogP contribution in [-0.4, -0.2) is 31.0 Å². The molecule has 10 heteroatoms. The molecule has 0 bridgehead atoms. The maximum atomic E-state index is 12.1. The molecule has 0 spiro atoms. The third-order valence-electron chi connectivity index (χ3n) is 2.48. The summed E-state index contributed by atoms with van der Waals surface area (Å²) in [6, 6.07) is 0.652. The third kappa shape index (κ3) is 2.88. The summed E-state index contributed by atoms with van der Waals surface area (Å²) in [5.41, 5.74) is -0.585. The van der Waals surface area contributed by atoms with Crippen LogP contribution in [0, 0.1) is 10.1 Å². The highest BCUT2D eigenvalue weighted by Gasteiger charge is 2.23. The zero-order valence-corrected chi connectivity index (χ0v) is 11.0.